The van der Waals surface area contributed by atoms with Gasteiger partial charge in [-0.1, -0.05) is 0 Å². The van der Waals surface area contributed by atoms with Crippen LogP contribution in [0.3, 0.4) is 0 Å². The predicted octanol–water partition coefficient (Wildman–Crippen LogP) is 1.31. The van der Waals surface area contributed by atoms with Gasteiger partial charge >= 0.3 is 5.97 Å². The third kappa shape index (κ3) is 3.77. The predicted molar refractivity (Wildman–Crippen MR) is 75.7 cm³/mol. The molecule has 108 valence electrons. The maximum Gasteiger partial charge on any atom is 0.311 e. The molecule has 0 radical (unpaired) electrons. The second-order valence-electron chi connectivity index (χ2n) is 4.30. The molecule has 0 saturated heterocycles. The number of esters is 1. The van der Waals surface area contributed by atoms with Gasteiger partial charge in [-0.3, -0.25) is 9.89 Å². The summed E-state index contributed by atoms with van der Waals surface area (Å²) < 4.78 is 4.90. The van der Waals surface area contributed by atoms with Crippen LogP contribution in [0.1, 0.15) is 24.3 Å². The van der Waals surface area contributed by atoms with Crippen molar-refractivity contribution in [1.29, 1.82) is 0 Å². The van der Waals surface area contributed by atoms with E-state index < -0.39 is 0 Å². The van der Waals surface area contributed by atoms with Crippen molar-refractivity contribution in [3.05, 3.63) is 22.7 Å². The molecule has 2 aromatic rings. The Morgan fingerprint density at radius 1 is 1.50 bits per heavy atom. The van der Waals surface area contributed by atoms with Crippen LogP contribution in [-0.4, -0.2) is 39.8 Å². The minimum absolute atomic E-state index is 0.206. The topological polar surface area (TPSA) is 84.0 Å². The number of nitrogens with one attached hydrogen (secondary N) is 1. The fourth-order valence-electron chi connectivity index (χ4n) is 1.65. The van der Waals surface area contributed by atoms with Crippen LogP contribution >= 0.6 is 11.3 Å². The molecule has 0 atom stereocenters. The number of thiazole rings is 1. The molecule has 0 fully saturated rings. The molecular formula is C12H17N5O2S. The first-order valence-corrected chi connectivity index (χ1v) is 7.15. The quantitative estimate of drug-likeness (QED) is 0.809. The summed E-state index contributed by atoms with van der Waals surface area (Å²) in [6.45, 7) is 4.60. The number of carbonyl (C=O) groups is 1. The second-order valence-corrected chi connectivity index (χ2v) is 5.13. The van der Waals surface area contributed by atoms with E-state index in [1.54, 1.807) is 6.92 Å². The van der Waals surface area contributed by atoms with Gasteiger partial charge in [-0.05, 0) is 13.8 Å². The smallest absolute Gasteiger partial charge is 0.311 e. The number of aromatic nitrogens is 4. The van der Waals surface area contributed by atoms with Crippen molar-refractivity contribution in [2.24, 2.45) is 0 Å². The van der Waals surface area contributed by atoms with E-state index in [0.29, 0.717) is 19.0 Å². The molecule has 1 N–H and O–H groups in total. The molecule has 2 heterocycles. The molecule has 0 aliphatic carbocycles. The lowest BCUT2D eigenvalue weighted by molar-refractivity contribution is -0.142. The van der Waals surface area contributed by atoms with Crippen LogP contribution in [0.15, 0.2) is 5.38 Å². The molecule has 0 aliphatic rings. The van der Waals surface area contributed by atoms with Crippen LogP contribution < -0.4 is 4.90 Å². The van der Waals surface area contributed by atoms with E-state index in [0.717, 1.165) is 16.6 Å². The van der Waals surface area contributed by atoms with Crippen LogP contribution in [-0.2, 0) is 22.5 Å². The molecule has 0 amide bonds. The summed E-state index contributed by atoms with van der Waals surface area (Å²) in [5.41, 5.74) is 0.724. The summed E-state index contributed by atoms with van der Waals surface area (Å²) >= 11 is 1.49. The maximum atomic E-state index is 11.4. The number of nitrogens with zero attached hydrogens (tertiary/aromatic N) is 4. The molecular weight excluding hydrogens is 278 g/mol. The summed E-state index contributed by atoms with van der Waals surface area (Å²) in [6.07, 6.45) is 0.206. The number of carbonyl (C=O) groups excluding carboxylic acids is 1. The van der Waals surface area contributed by atoms with E-state index >= 15 is 0 Å². The number of hydrogen-bond acceptors (Lipinski definition) is 7. The highest BCUT2D eigenvalue weighted by Gasteiger charge is 2.12. The van der Waals surface area contributed by atoms with Gasteiger partial charge in [0, 0.05) is 12.4 Å². The molecule has 20 heavy (non-hydrogen) atoms. The van der Waals surface area contributed by atoms with E-state index in [2.05, 4.69) is 20.2 Å². The number of rotatable bonds is 6. The Labute approximate surface area is 121 Å². The zero-order chi connectivity index (χ0) is 14.5. The lowest BCUT2D eigenvalue weighted by Gasteiger charge is -2.12. The minimum Gasteiger partial charge on any atom is -0.466 e. The van der Waals surface area contributed by atoms with E-state index in [9.17, 15) is 4.79 Å². The van der Waals surface area contributed by atoms with Gasteiger partial charge in [0.05, 0.1) is 25.3 Å². The van der Waals surface area contributed by atoms with Crippen LogP contribution in [0.5, 0.6) is 0 Å². The third-order valence-electron chi connectivity index (χ3n) is 2.52. The van der Waals surface area contributed by atoms with E-state index in [1.165, 1.54) is 11.3 Å². The monoisotopic (exact) mass is 295 g/mol. The zero-order valence-corrected chi connectivity index (χ0v) is 12.5. The molecule has 0 unspecified atom stereocenters. The normalized spacial score (nSPS) is 10.6. The van der Waals surface area contributed by atoms with Gasteiger partial charge in [0.15, 0.2) is 11.0 Å². The molecule has 0 saturated carbocycles. The average Bonchev–Trinajstić information content (AvgIpc) is 2.99. The SMILES string of the molecule is CCOC(=O)Cc1csc(N(C)Cc2n[nH]c(C)n2)n1. The highest BCUT2D eigenvalue weighted by molar-refractivity contribution is 7.13. The summed E-state index contributed by atoms with van der Waals surface area (Å²) in [6, 6.07) is 0. The van der Waals surface area contributed by atoms with Gasteiger partial charge in [0.2, 0.25) is 0 Å². The Hall–Kier alpha value is -1.96. The van der Waals surface area contributed by atoms with Crippen molar-refractivity contribution in [3.63, 3.8) is 0 Å². The largest absolute Gasteiger partial charge is 0.466 e. The molecule has 7 nitrogen and oxygen atoms in total. The van der Waals surface area contributed by atoms with Gasteiger partial charge in [-0.25, -0.2) is 9.97 Å². The van der Waals surface area contributed by atoms with Crippen LogP contribution in [0.25, 0.3) is 0 Å². The lowest BCUT2D eigenvalue weighted by atomic mass is 10.3. The maximum absolute atomic E-state index is 11.4. The standard InChI is InChI=1S/C12H17N5O2S/c1-4-19-11(18)5-9-7-20-12(14-9)17(3)6-10-13-8(2)15-16-10/h7H,4-6H2,1-3H3,(H,13,15,16). The Balaban J connectivity index is 1.95. The fourth-order valence-corrected chi connectivity index (χ4v) is 2.44. The molecule has 8 heteroatoms. The average molecular weight is 295 g/mol. The minimum atomic E-state index is -0.253. The van der Waals surface area contributed by atoms with E-state index in [-0.39, 0.29) is 12.4 Å². The number of aryl methyl sites for hydroxylation is 1. The molecule has 0 bridgehead atoms. The van der Waals surface area contributed by atoms with Crippen molar-refractivity contribution in [3.8, 4) is 0 Å². The van der Waals surface area contributed by atoms with Gasteiger partial charge < -0.3 is 9.64 Å². The van der Waals surface area contributed by atoms with Crippen molar-refractivity contribution in [2.75, 3.05) is 18.6 Å². The molecule has 0 aliphatic heterocycles. The summed E-state index contributed by atoms with van der Waals surface area (Å²) in [5.74, 6) is 1.25. The Morgan fingerprint density at radius 3 is 2.95 bits per heavy atom. The third-order valence-corrected chi connectivity index (χ3v) is 3.52. The zero-order valence-electron chi connectivity index (χ0n) is 11.7. The van der Waals surface area contributed by atoms with Gasteiger partial charge in [-0.15, -0.1) is 11.3 Å². The van der Waals surface area contributed by atoms with Crippen molar-refractivity contribution >= 4 is 22.4 Å². The van der Waals surface area contributed by atoms with Crippen LogP contribution in [0.4, 0.5) is 5.13 Å². The number of H-pyrrole nitrogens is 1. The summed E-state index contributed by atoms with van der Waals surface area (Å²) in [4.78, 5) is 22.0. The highest BCUT2D eigenvalue weighted by atomic mass is 32.1. The molecule has 2 rings (SSSR count). The number of ether oxygens (including phenoxy) is 1. The molecule has 0 aromatic carbocycles. The Morgan fingerprint density at radius 2 is 2.30 bits per heavy atom. The van der Waals surface area contributed by atoms with E-state index in [4.69, 9.17) is 4.74 Å². The number of hydrogen-bond donors (Lipinski definition) is 1. The van der Waals surface area contributed by atoms with Crippen LogP contribution in [0.2, 0.25) is 0 Å². The van der Waals surface area contributed by atoms with Gasteiger partial charge in [0.25, 0.3) is 0 Å². The van der Waals surface area contributed by atoms with Crippen molar-refractivity contribution in [1.82, 2.24) is 20.2 Å². The van der Waals surface area contributed by atoms with Gasteiger partial charge in [-0.2, -0.15) is 5.10 Å². The molecule has 2 aromatic heterocycles. The molecule has 0 spiro atoms. The van der Waals surface area contributed by atoms with Crippen LogP contribution in [0, 0.1) is 6.92 Å². The summed E-state index contributed by atoms with van der Waals surface area (Å²) in [7, 11) is 1.92. The summed E-state index contributed by atoms with van der Waals surface area (Å²) in [5, 5.41) is 9.58. The van der Waals surface area contributed by atoms with Gasteiger partial charge in [0.1, 0.15) is 5.82 Å². The first-order valence-electron chi connectivity index (χ1n) is 6.27. The number of anilines is 1. The lowest BCUT2D eigenvalue weighted by Crippen LogP contribution is -2.17. The first kappa shape index (κ1) is 14.4. The van der Waals surface area contributed by atoms with Crippen molar-refractivity contribution < 1.29 is 9.53 Å². The second kappa shape index (κ2) is 6.47. The first-order chi connectivity index (χ1) is 9.58. The number of aromatic amines is 1. The Kier molecular flexibility index (Phi) is 4.67. The Bertz CT molecular complexity index is 580. The van der Waals surface area contributed by atoms with E-state index in [1.807, 2.05) is 24.3 Å². The fraction of sp³-hybridized carbons (Fsp3) is 0.500. The highest BCUT2D eigenvalue weighted by Crippen LogP contribution is 2.20. The van der Waals surface area contributed by atoms with Crippen molar-refractivity contribution in [2.45, 2.75) is 26.8 Å².